The standard InChI is InChI=1S/C17H22N2O5/c1-10-9-13(11(2)19(10)14-6-7-14)5-8-15(20)24-12(3)16(21)18-17(22)23-4/h5,8-9,12,14H,6-7H2,1-4H3,(H,18,21,22)/b8-5+/t12-/m1/s1. The number of methoxy groups -OCH3 is 1. The van der Waals surface area contributed by atoms with Crippen molar-refractivity contribution in [3.05, 3.63) is 29.1 Å². The number of carbonyl (C=O) groups is 3. The van der Waals surface area contributed by atoms with Gasteiger partial charge < -0.3 is 14.0 Å². The molecule has 7 heteroatoms. The molecule has 2 rings (SSSR count). The molecular formula is C17H22N2O5. The second-order valence-corrected chi connectivity index (χ2v) is 5.82. The van der Waals surface area contributed by atoms with E-state index in [1.54, 1.807) is 6.08 Å². The maximum atomic E-state index is 11.8. The highest BCUT2D eigenvalue weighted by Gasteiger charge is 2.26. The van der Waals surface area contributed by atoms with Gasteiger partial charge in [-0.1, -0.05) is 0 Å². The van der Waals surface area contributed by atoms with Crippen LogP contribution in [0.1, 0.15) is 42.8 Å². The molecule has 1 heterocycles. The number of aromatic nitrogens is 1. The molecule has 1 aromatic heterocycles. The number of hydrogen-bond acceptors (Lipinski definition) is 5. The Morgan fingerprint density at radius 3 is 2.58 bits per heavy atom. The van der Waals surface area contributed by atoms with Crippen LogP contribution in [0.4, 0.5) is 4.79 Å². The van der Waals surface area contributed by atoms with Gasteiger partial charge in [-0.15, -0.1) is 0 Å². The number of alkyl carbamates (subject to hydrolysis) is 1. The van der Waals surface area contributed by atoms with Crippen LogP contribution >= 0.6 is 0 Å². The average Bonchev–Trinajstić information content (AvgIpc) is 3.31. The SMILES string of the molecule is COC(=O)NC(=O)[C@@H](C)OC(=O)/C=C/c1cc(C)n(C2CC2)c1C. The molecule has 0 saturated heterocycles. The summed E-state index contributed by atoms with van der Waals surface area (Å²) >= 11 is 0. The molecule has 0 spiro atoms. The number of rotatable bonds is 5. The van der Waals surface area contributed by atoms with E-state index in [-0.39, 0.29) is 0 Å². The molecule has 1 aromatic rings. The van der Waals surface area contributed by atoms with Gasteiger partial charge in [-0.05, 0) is 51.3 Å². The van der Waals surface area contributed by atoms with Gasteiger partial charge in [0.05, 0.1) is 7.11 Å². The van der Waals surface area contributed by atoms with E-state index in [9.17, 15) is 14.4 Å². The molecule has 7 nitrogen and oxygen atoms in total. The van der Waals surface area contributed by atoms with Crippen LogP contribution in [0.5, 0.6) is 0 Å². The second kappa shape index (κ2) is 7.33. The number of ether oxygens (including phenoxy) is 2. The molecular weight excluding hydrogens is 312 g/mol. The number of amides is 2. The quantitative estimate of drug-likeness (QED) is 0.659. The lowest BCUT2D eigenvalue weighted by molar-refractivity contribution is -0.149. The zero-order valence-electron chi connectivity index (χ0n) is 14.3. The normalized spacial score (nSPS) is 15.2. The molecule has 130 valence electrons. The van der Waals surface area contributed by atoms with Crippen molar-refractivity contribution in [3.8, 4) is 0 Å². The Labute approximate surface area is 140 Å². The van der Waals surface area contributed by atoms with Crippen LogP contribution in [0.25, 0.3) is 6.08 Å². The van der Waals surface area contributed by atoms with Crippen molar-refractivity contribution >= 4 is 24.0 Å². The smallest absolute Gasteiger partial charge is 0.413 e. The third-order valence-electron chi connectivity index (χ3n) is 3.91. The Balaban J connectivity index is 1.94. The van der Waals surface area contributed by atoms with Gasteiger partial charge in [-0.3, -0.25) is 10.1 Å². The molecule has 0 aliphatic heterocycles. The van der Waals surface area contributed by atoms with Crippen molar-refractivity contribution in [2.75, 3.05) is 7.11 Å². The molecule has 0 radical (unpaired) electrons. The molecule has 1 aliphatic rings. The van der Waals surface area contributed by atoms with Crippen LogP contribution in [-0.2, 0) is 19.1 Å². The zero-order chi connectivity index (χ0) is 17.9. The van der Waals surface area contributed by atoms with Crippen molar-refractivity contribution < 1.29 is 23.9 Å². The van der Waals surface area contributed by atoms with Gasteiger partial charge in [0.15, 0.2) is 6.10 Å². The molecule has 1 aliphatic carbocycles. The third-order valence-corrected chi connectivity index (χ3v) is 3.91. The van der Waals surface area contributed by atoms with Crippen LogP contribution in [0.3, 0.4) is 0 Å². The highest BCUT2D eigenvalue weighted by atomic mass is 16.6. The van der Waals surface area contributed by atoms with Crippen LogP contribution in [-0.4, -0.2) is 35.8 Å². The Bertz CT molecular complexity index is 685. The first-order valence-electron chi connectivity index (χ1n) is 7.79. The number of aryl methyl sites for hydroxylation is 1. The fourth-order valence-corrected chi connectivity index (χ4v) is 2.54. The predicted octanol–water partition coefficient (Wildman–Crippen LogP) is 2.27. The van der Waals surface area contributed by atoms with Crippen molar-refractivity contribution in [2.45, 2.75) is 45.8 Å². The Kier molecular flexibility index (Phi) is 5.43. The maximum absolute atomic E-state index is 11.8. The summed E-state index contributed by atoms with van der Waals surface area (Å²) in [6.07, 6.45) is 3.34. The average molecular weight is 334 g/mol. The van der Waals surface area contributed by atoms with E-state index >= 15 is 0 Å². The van der Waals surface area contributed by atoms with Gasteiger partial charge in [0.1, 0.15) is 0 Å². The second-order valence-electron chi connectivity index (χ2n) is 5.82. The Morgan fingerprint density at radius 2 is 2.00 bits per heavy atom. The summed E-state index contributed by atoms with van der Waals surface area (Å²) in [7, 11) is 1.14. The van der Waals surface area contributed by atoms with Gasteiger partial charge in [-0.2, -0.15) is 0 Å². The number of nitrogens with one attached hydrogen (secondary N) is 1. The molecule has 0 unspecified atom stereocenters. The summed E-state index contributed by atoms with van der Waals surface area (Å²) < 4.78 is 11.5. The van der Waals surface area contributed by atoms with E-state index < -0.39 is 24.1 Å². The molecule has 1 atom stereocenters. The molecule has 2 amide bonds. The van der Waals surface area contributed by atoms with E-state index in [4.69, 9.17) is 4.74 Å². The summed E-state index contributed by atoms with van der Waals surface area (Å²) in [5.74, 6) is -1.39. The van der Waals surface area contributed by atoms with Crippen molar-refractivity contribution in [1.29, 1.82) is 0 Å². The minimum atomic E-state index is -1.10. The van der Waals surface area contributed by atoms with E-state index in [2.05, 4.69) is 9.30 Å². The summed E-state index contributed by atoms with van der Waals surface area (Å²) in [5, 5.41) is 1.94. The number of hydrogen-bond donors (Lipinski definition) is 1. The molecule has 0 bridgehead atoms. The number of esters is 1. The van der Waals surface area contributed by atoms with Crippen molar-refractivity contribution in [2.24, 2.45) is 0 Å². The van der Waals surface area contributed by atoms with Crippen LogP contribution in [0.2, 0.25) is 0 Å². The number of carbonyl (C=O) groups excluding carboxylic acids is 3. The van der Waals surface area contributed by atoms with E-state index in [0.717, 1.165) is 24.1 Å². The summed E-state index contributed by atoms with van der Waals surface area (Å²) in [6, 6.07) is 2.59. The lowest BCUT2D eigenvalue weighted by Crippen LogP contribution is -2.39. The predicted molar refractivity (Wildman–Crippen MR) is 87.3 cm³/mol. The first-order chi connectivity index (χ1) is 11.3. The van der Waals surface area contributed by atoms with Gasteiger partial charge in [0.25, 0.3) is 5.91 Å². The molecule has 1 fully saturated rings. The fraction of sp³-hybridized carbons (Fsp3) is 0.471. The largest absolute Gasteiger partial charge is 0.453 e. The van der Waals surface area contributed by atoms with Crippen molar-refractivity contribution in [3.63, 3.8) is 0 Å². The maximum Gasteiger partial charge on any atom is 0.413 e. The molecule has 1 saturated carbocycles. The number of imide groups is 1. The minimum Gasteiger partial charge on any atom is -0.453 e. The molecule has 0 aromatic carbocycles. The van der Waals surface area contributed by atoms with Crippen LogP contribution in [0, 0.1) is 13.8 Å². The van der Waals surface area contributed by atoms with Gasteiger partial charge in [0.2, 0.25) is 0 Å². The molecule has 1 N–H and O–H groups in total. The van der Waals surface area contributed by atoms with E-state index in [1.807, 2.05) is 25.2 Å². The lowest BCUT2D eigenvalue weighted by Gasteiger charge is -2.10. The first kappa shape index (κ1) is 17.8. The molecule has 24 heavy (non-hydrogen) atoms. The summed E-state index contributed by atoms with van der Waals surface area (Å²) in [4.78, 5) is 34.4. The van der Waals surface area contributed by atoms with E-state index in [0.29, 0.717) is 6.04 Å². The van der Waals surface area contributed by atoms with E-state index in [1.165, 1.54) is 25.8 Å². The van der Waals surface area contributed by atoms with Crippen LogP contribution in [0.15, 0.2) is 12.1 Å². The highest BCUT2D eigenvalue weighted by molar-refractivity contribution is 5.96. The van der Waals surface area contributed by atoms with Crippen molar-refractivity contribution in [1.82, 2.24) is 9.88 Å². The zero-order valence-corrected chi connectivity index (χ0v) is 14.3. The first-order valence-corrected chi connectivity index (χ1v) is 7.79. The van der Waals surface area contributed by atoms with Crippen LogP contribution < -0.4 is 5.32 Å². The highest BCUT2D eigenvalue weighted by Crippen LogP contribution is 2.38. The summed E-state index contributed by atoms with van der Waals surface area (Å²) in [5.41, 5.74) is 3.22. The Hall–Kier alpha value is -2.57. The summed E-state index contributed by atoms with van der Waals surface area (Å²) in [6.45, 7) is 5.44. The van der Waals surface area contributed by atoms with Gasteiger partial charge >= 0.3 is 12.1 Å². The minimum absolute atomic E-state index is 0.571. The van der Waals surface area contributed by atoms with Gasteiger partial charge in [0, 0.05) is 23.5 Å². The van der Waals surface area contributed by atoms with Gasteiger partial charge in [-0.25, -0.2) is 9.59 Å². The fourth-order valence-electron chi connectivity index (χ4n) is 2.54. The topological polar surface area (TPSA) is 86.6 Å². The monoisotopic (exact) mass is 334 g/mol. The third kappa shape index (κ3) is 4.24. The number of nitrogens with zero attached hydrogens (tertiary/aromatic N) is 1. The Morgan fingerprint density at radius 1 is 1.33 bits per heavy atom. The lowest BCUT2D eigenvalue weighted by atomic mass is 10.2.